The maximum Gasteiger partial charge on any atom is 0.257 e. The highest BCUT2D eigenvalue weighted by atomic mass is 35.5. The van der Waals surface area contributed by atoms with E-state index in [1.807, 2.05) is 13.0 Å². The molecule has 1 aliphatic heterocycles. The van der Waals surface area contributed by atoms with Crippen molar-refractivity contribution in [2.45, 2.75) is 26.2 Å². The van der Waals surface area contributed by atoms with E-state index in [2.05, 4.69) is 5.10 Å². The van der Waals surface area contributed by atoms with Crippen molar-refractivity contribution >= 4 is 23.4 Å². The zero-order valence-corrected chi connectivity index (χ0v) is 16.9. The van der Waals surface area contributed by atoms with Crippen LogP contribution in [-0.4, -0.2) is 46.2 Å². The van der Waals surface area contributed by atoms with Gasteiger partial charge in [-0.15, -0.1) is 0 Å². The Labute approximate surface area is 169 Å². The van der Waals surface area contributed by atoms with Gasteiger partial charge in [0.25, 0.3) is 5.91 Å². The highest BCUT2D eigenvalue weighted by molar-refractivity contribution is 6.30. The quantitative estimate of drug-likeness (QED) is 0.801. The molecule has 1 fully saturated rings. The molecule has 0 unspecified atom stereocenters. The number of likely N-dealkylation sites (tertiary alicyclic amines) is 1. The van der Waals surface area contributed by atoms with Crippen LogP contribution in [0.1, 0.15) is 35.3 Å². The van der Waals surface area contributed by atoms with Crippen LogP contribution >= 0.6 is 11.6 Å². The number of nitrogens with two attached hydrogens (primary N) is 1. The summed E-state index contributed by atoms with van der Waals surface area (Å²) in [7, 11) is 1.79. The summed E-state index contributed by atoms with van der Waals surface area (Å²) in [5.74, 6) is 0.145. The Morgan fingerprint density at radius 1 is 1.39 bits per heavy atom. The standard InChI is InChI=1S/C20H25ClN4O3/c1-14-17(11-24(2)23-14)19(27)25-8-4-7-20(12-25,10-18(22)26)13-28-16-6-3-5-15(21)9-16/h3,5-6,9,11H,4,7-8,10,12-13H2,1-2H3,(H2,22,26)/t20-/m1/s1. The molecule has 2 heterocycles. The van der Waals surface area contributed by atoms with Gasteiger partial charge in [-0.2, -0.15) is 5.10 Å². The van der Waals surface area contributed by atoms with E-state index in [1.165, 1.54) is 0 Å². The van der Waals surface area contributed by atoms with Crippen LogP contribution in [0, 0.1) is 12.3 Å². The summed E-state index contributed by atoms with van der Waals surface area (Å²) in [5, 5.41) is 4.83. The molecule has 7 nitrogen and oxygen atoms in total. The van der Waals surface area contributed by atoms with Crippen LogP contribution in [0.4, 0.5) is 0 Å². The second-order valence-corrected chi connectivity index (χ2v) is 7.96. The molecule has 1 aromatic heterocycles. The topological polar surface area (TPSA) is 90.4 Å². The number of amides is 2. The SMILES string of the molecule is Cc1nn(C)cc1C(=O)N1CCC[C@@](COc2cccc(Cl)c2)(CC(N)=O)C1. The lowest BCUT2D eigenvalue weighted by Gasteiger charge is -2.42. The van der Waals surface area contributed by atoms with E-state index in [-0.39, 0.29) is 18.9 Å². The highest BCUT2D eigenvalue weighted by Crippen LogP contribution is 2.35. The number of carbonyl (C=O) groups excluding carboxylic acids is 2. The minimum absolute atomic E-state index is 0.0816. The molecular formula is C20H25ClN4O3. The van der Waals surface area contributed by atoms with Gasteiger partial charge in [0, 0.05) is 43.2 Å². The van der Waals surface area contributed by atoms with Gasteiger partial charge >= 0.3 is 0 Å². The fraction of sp³-hybridized carbons (Fsp3) is 0.450. The van der Waals surface area contributed by atoms with Crippen LogP contribution in [0.5, 0.6) is 5.75 Å². The van der Waals surface area contributed by atoms with Gasteiger partial charge in [-0.3, -0.25) is 14.3 Å². The van der Waals surface area contributed by atoms with Crippen molar-refractivity contribution in [1.29, 1.82) is 0 Å². The number of ether oxygens (including phenoxy) is 1. The van der Waals surface area contributed by atoms with Gasteiger partial charge < -0.3 is 15.4 Å². The first-order valence-corrected chi connectivity index (χ1v) is 9.62. The van der Waals surface area contributed by atoms with Gasteiger partial charge in [-0.05, 0) is 38.0 Å². The predicted octanol–water partition coefficient (Wildman–Crippen LogP) is 2.56. The van der Waals surface area contributed by atoms with Gasteiger partial charge in [-0.1, -0.05) is 17.7 Å². The highest BCUT2D eigenvalue weighted by Gasteiger charge is 2.40. The van der Waals surface area contributed by atoms with Crippen molar-refractivity contribution < 1.29 is 14.3 Å². The van der Waals surface area contributed by atoms with E-state index in [0.29, 0.717) is 35.1 Å². The number of primary amides is 1. The van der Waals surface area contributed by atoms with Crippen molar-refractivity contribution in [2.75, 3.05) is 19.7 Å². The summed E-state index contributed by atoms with van der Waals surface area (Å²) in [4.78, 5) is 26.6. The van der Waals surface area contributed by atoms with Gasteiger partial charge in [0.2, 0.25) is 5.91 Å². The Kier molecular flexibility index (Phi) is 5.93. The average molecular weight is 405 g/mol. The van der Waals surface area contributed by atoms with Crippen molar-refractivity contribution in [3.63, 3.8) is 0 Å². The maximum absolute atomic E-state index is 13.0. The van der Waals surface area contributed by atoms with Crippen LogP contribution in [-0.2, 0) is 11.8 Å². The molecule has 0 spiro atoms. The molecule has 0 aliphatic carbocycles. The average Bonchev–Trinajstić information content (AvgIpc) is 2.97. The molecule has 1 saturated heterocycles. The van der Waals surface area contributed by atoms with Crippen molar-refractivity contribution in [1.82, 2.24) is 14.7 Å². The van der Waals surface area contributed by atoms with E-state index < -0.39 is 11.3 Å². The summed E-state index contributed by atoms with van der Waals surface area (Å²) in [6.45, 7) is 3.14. The van der Waals surface area contributed by atoms with Gasteiger partial charge in [0.05, 0.1) is 17.9 Å². The number of hydrogen-bond acceptors (Lipinski definition) is 4. The number of hydrogen-bond donors (Lipinski definition) is 1. The molecule has 150 valence electrons. The van der Waals surface area contributed by atoms with Crippen LogP contribution in [0.3, 0.4) is 0 Å². The molecule has 1 atom stereocenters. The van der Waals surface area contributed by atoms with Crippen LogP contribution in [0.2, 0.25) is 5.02 Å². The molecule has 2 aromatic rings. The lowest BCUT2D eigenvalue weighted by molar-refractivity contribution is -0.122. The van der Waals surface area contributed by atoms with Gasteiger partial charge in [0.15, 0.2) is 0 Å². The first-order valence-electron chi connectivity index (χ1n) is 9.24. The van der Waals surface area contributed by atoms with E-state index in [9.17, 15) is 9.59 Å². The van der Waals surface area contributed by atoms with E-state index in [4.69, 9.17) is 22.1 Å². The number of aryl methyl sites for hydroxylation is 2. The molecule has 1 aliphatic rings. The first-order chi connectivity index (χ1) is 13.3. The lowest BCUT2D eigenvalue weighted by atomic mass is 9.77. The summed E-state index contributed by atoms with van der Waals surface area (Å²) in [6, 6.07) is 7.12. The largest absolute Gasteiger partial charge is 0.493 e. The Morgan fingerprint density at radius 2 is 2.18 bits per heavy atom. The second-order valence-electron chi connectivity index (χ2n) is 7.52. The molecule has 0 saturated carbocycles. The minimum Gasteiger partial charge on any atom is -0.493 e. The molecule has 2 N–H and O–H groups in total. The van der Waals surface area contributed by atoms with Crippen molar-refractivity contribution in [3.8, 4) is 5.75 Å². The van der Waals surface area contributed by atoms with Crippen molar-refractivity contribution in [2.24, 2.45) is 18.2 Å². The van der Waals surface area contributed by atoms with Gasteiger partial charge in [-0.25, -0.2) is 0 Å². The molecule has 8 heteroatoms. The number of carbonyl (C=O) groups is 2. The number of halogens is 1. The molecule has 0 bridgehead atoms. The monoisotopic (exact) mass is 404 g/mol. The summed E-state index contributed by atoms with van der Waals surface area (Å²) < 4.78 is 7.58. The lowest BCUT2D eigenvalue weighted by Crippen LogP contribution is -2.50. The molecule has 3 rings (SSSR count). The van der Waals surface area contributed by atoms with Gasteiger partial charge in [0.1, 0.15) is 5.75 Å². The summed E-state index contributed by atoms with van der Waals surface area (Å²) >= 11 is 6.02. The fourth-order valence-electron chi connectivity index (χ4n) is 3.84. The first kappa shape index (κ1) is 20.2. The van der Waals surface area contributed by atoms with E-state index >= 15 is 0 Å². The molecule has 1 aromatic carbocycles. The number of aromatic nitrogens is 2. The predicted molar refractivity (Wildman–Crippen MR) is 106 cm³/mol. The summed E-state index contributed by atoms with van der Waals surface area (Å²) in [5.41, 5.74) is 6.27. The van der Waals surface area contributed by atoms with E-state index in [0.717, 1.165) is 12.8 Å². The number of benzene rings is 1. The fourth-order valence-corrected chi connectivity index (χ4v) is 4.02. The smallest absolute Gasteiger partial charge is 0.257 e. The molecule has 0 radical (unpaired) electrons. The van der Waals surface area contributed by atoms with E-state index in [1.54, 1.807) is 41.0 Å². The maximum atomic E-state index is 13.0. The zero-order valence-electron chi connectivity index (χ0n) is 16.2. The number of piperidine rings is 1. The molecule has 2 amide bonds. The Balaban J connectivity index is 1.78. The normalized spacial score (nSPS) is 19.5. The van der Waals surface area contributed by atoms with Crippen LogP contribution in [0.15, 0.2) is 30.5 Å². The Bertz CT molecular complexity index is 882. The minimum atomic E-state index is -0.530. The van der Waals surface area contributed by atoms with Crippen LogP contribution in [0.25, 0.3) is 0 Å². The number of rotatable bonds is 6. The third-order valence-corrected chi connectivity index (χ3v) is 5.32. The number of nitrogens with zero attached hydrogens (tertiary/aromatic N) is 3. The molecular weight excluding hydrogens is 380 g/mol. The van der Waals surface area contributed by atoms with Crippen LogP contribution < -0.4 is 10.5 Å². The van der Waals surface area contributed by atoms with Crippen molar-refractivity contribution in [3.05, 3.63) is 46.7 Å². The Morgan fingerprint density at radius 3 is 2.82 bits per heavy atom. The third kappa shape index (κ3) is 4.65. The second kappa shape index (κ2) is 8.22. The third-order valence-electron chi connectivity index (χ3n) is 5.08. The Hall–Kier alpha value is -2.54. The summed E-state index contributed by atoms with van der Waals surface area (Å²) in [6.07, 6.45) is 3.41. The zero-order chi connectivity index (χ0) is 20.3. The molecule has 28 heavy (non-hydrogen) atoms.